The molecule has 0 aliphatic heterocycles. The van der Waals surface area contributed by atoms with Gasteiger partial charge in [-0.3, -0.25) is 20.7 Å². The van der Waals surface area contributed by atoms with Gasteiger partial charge in [0.05, 0.1) is 10.6 Å². The molecule has 0 saturated carbocycles. The van der Waals surface area contributed by atoms with Gasteiger partial charge in [-0.2, -0.15) is 0 Å². The molecule has 1 heterocycles. The van der Waals surface area contributed by atoms with Gasteiger partial charge in [0.25, 0.3) is 15.7 Å². The molecule has 106 valence electrons. The first-order valence-corrected chi connectivity index (χ1v) is 7.12. The van der Waals surface area contributed by atoms with E-state index >= 15 is 0 Å². The molecule has 0 aliphatic rings. The lowest BCUT2D eigenvalue weighted by Crippen LogP contribution is -2.17. The summed E-state index contributed by atoms with van der Waals surface area (Å²) < 4.78 is 29.7. The van der Waals surface area contributed by atoms with E-state index in [1.165, 1.54) is 0 Å². The summed E-state index contributed by atoms with van der Waals surface area (Å²) in [6, 6.07) is 3.12. The molecule has 2 aromatic rings. The van der Waals surface area contributed by atoms with Crippen LogP contribution < -0.4 is 16.0 Å². The summed E-state index contributed by atoms with van der Waals surface area (Å²) in [5, 5.41) is 17.3. The Hall–Kier alpha value is -2.38. The highest BCUT2D eigenvalue weighted by Crippen LogP contribution is 2.27. The molecule has 1 aromatic carbocycles. The van der Waals surface area contributed by atoms with Gasteiger partial charge in [-0.1, -0.05) is 9.59 Å². The van der Waals surface area contributed by atoms with Crippen LogP contribution in [-0.4, -0.2) is 28.1 Å². The molecule has 0 amide bonds. The summed E-state index contributed by atoms with van der Waals surface area (Å²) in [6.45, 7) is 0. The number of hydrazine groups is 1. The summed E-state index contributed by atoms with van der Waals surface area (Å²) in [5.41, 5.74) is 1.69. The van der Waals surface area contributed by atoms with Crippen molar-refractivity contribution >= 4 is 38.1 Å². The number of nitrogen functional groups attached to an aromatic ring is 1. The number of anilines is 2. The predicted octanol–water partition coefficient (Wildman–Crippen LogP) is -0.0723. The molecule has 0 atom stereocenters. The number of nitrogens with zero attached hydrogens (tertiary/aromatic N) is 4. The minimum absolute atomic E-state index is 0.0358. The van der Waals surface area contributed by atoms with Crippen LogP contribution in [0.15, 0.2) is 23.1 Å². The number of nitro groups is 1. The molecule has 11 nitrogen and oxygen atoms in total. The van der Waals surface area contributed by atoms with Gasteiger partial charge in [-0.05, 0) is 11.3 Å². The molecule has 0 bridgehead atoms. The van der Waals surface area contributed by atoms with Gasteiger partial charge in [0.1, 0.15) is 4.90 Å². The van der Waals surface area contributed by atoms with E-state index in [0.29, 0.717) is 0 Å². The average Bonchev–Trinajstić information content (AvgIpc) is 2.89. The van der Waals surface area contributed by atoms with Crippen LogP contribution in [0, 0.1) is 10.1 Å². The van der Waals surface area contributed by atoms with Gasteiger partial charge in [-0.15, -0.1) is 0 Å². The Morgan fingerprint density at radius 3 is 2.70 bits per heavy atom. The molecule has 4 N–H and O–H groups in total. The molecule has 2 rings (SSSR count). The summed E-state index contributed by atoms with van der Waals surface area (Å²) >= 11 is 0.744. The van der Waals surface area contributed by atoms with Crippen molar-refractivity contribution in [1.82, 2.24) is 14.8 Å². The van der Waals surface area contributed by atoms with E-state index in [9.17, 15) is 18.5 Å². The third-order valence-electron chi connectivity index (χ3n) is 2.14. The number of non-ortho nitro benzene ring substituents is 1. The second-order valence-electron chi connectivity index (χ2n) is 3.35. The lowest BCUT2D eigenvalue weighted by Gasteiger charge is -2.09. The summed E-state index contributed by atoms with van der Waals surface area (Å²) in [4.78, 5) is 9.70. The quantitative estimate of drug-likeness (QED) is 0.388. The first-order valence-electron chi connectivity index (χ1n) is 4.87. The van der Waals surface area contributed by atoms with Crippen LogP contribution in [0.3, 0.4) is 0 Å². The fraction of sp³-hybridized carbons (Fsp3) is 0. The van der Waals surface area contributed by atoms with Crippen molar-refractivity contribution in [2.45, 2.75) is 4.90 Å². The molecule has 0 radical (unpaired) electrons. The van der Waals surface area contributed by atoms with Crippen LogP contribution in [0.25, 0.3) is 0 Å². The van der Waals surface area contributed by atoms with Gasteiger partial charge >= 0.3 is 0 Å². The SMILES string of the molecule is NNc1cc([N+](=O)[O-])ccc1S(=O)(=O)Nc1nnns1. The Bertz CT molecular complexity index is 730. The Balaban J connectivity index is 2.43. The molecular weight excluding hydrogens is 310 g/mol. The summed E-state index contributed by atoms with van der Waals surface area (Å²) in [5.74, 6) is 5.19. The van der Waals surface area contributed by atoms with Gasteiger partial charge < -0.3 is 5.43 Å². The van der Waals surface area contributed by atoms with Gasteiger partial charge in [0.2, 0.25) is 5.13 Å². The topological polar surface area (TPSA) is 166 Å². The second kappa shape index (κ2) is 5.32. The first kappa shape index (κ1) is 14.0. The largest absolute Gasteiger partial charge is 0.323 e. The average molecular weight is 317 g/mol. The van der Waals surface area contributed by atoms with Crippen LogP contribution >= 0.6 is 11.5 Å². The van der Waals surface area contributed by atoms with Gasteiger partial charge in [0, 0.05) is 23.7 Å². The van der Waals surface area contributed by atoms with E-state index in [1.807, 2.05) is 0 Å². The van der Waals surface area contributed by atoms with E-state index in [2.05, 4.69) is 24.9 Å². The number of nitrogens with one attached hydrogen (secondary N) is 2. The van der Waals surface area contributed by atoms with E-state index in [4.69, 9.17) is 5.84 Å². The monoisotopic (exact) mass is 317 g/mol. The minimum Gasteiger partial charge on any atom is -0.323 e. The highest BCUT2D eigenvalue weighted by atomic mass is 32.2. The zero-order chi connectivity index (χ0) is 14.8. The molecule has 0 spiro atoms. The second-order valence-corrected chi connectivity index (χ2v) is 5.74. The van der Waals surface area contributed by atoms with E-state index < -0.39 is 14.9 Å². The maximum atomic E-state index is 12.1. The fourth-order valence-corrected chi connectivity index (χ4v) is 3.06. The van der Waals surface area contributed by atoms with Crippen molar-refractivity contribution in [3.63, 3.8) is 0 Å². The van der Waals surface area contributed by atoms with Crippen LogP contribution in [0.5, 0.6) is 0 Å². The molecule has 0 aliphatic carbocycles. The number of benzene rings is 1. The maximum absolute atomic E-state index is 12.1. The van der Waals surface area contributed by atoms with Crippen LogP contribution in [-0.2, 0) is 10.0 Å². The van der Waals surface area contributed by atoms with Crippen molar-refractivity contribution in [1.29, 1.82) is 0 Å². The van der Waals surface area contributed by atoms with E-state index in [0.717, 1.165) is 29.7 Å². The summed E-state index contributed by atoms with van der Waals surface area (Å²) in [7, 11) is -4.02. The highest BCUT2D eigenvalue weighted by molar-refractivity contribution is 7.93. The standard InChI is InChI=1S/C7H7N7O4S2/c8-9-5-3-4(14(15)16)1-2-6(5)20(17,18)11-7-10-12-13-19-7/h1-3,9H,8H2,(H,10,11,13). The number of hydrogen-bond donors (Lipinski definition) is 3. The number of nitrogens with two attached hydrogens (primary N) is 1. The number of nitro benzene ring substituents is 1. The molecule has 1 aromatic heterocycles. The molecule has 0 saturated heterocycles. The van der Waals surface area contributed by atoms with E-state index in [1.54, 1.807) is 0 Å². The van der Waals surface area contributed by atoms with Crippen LogP contribution in [0.2, 0.25) is 0 Å². The highest BCUT2D eigenvalue weighted by Gasteiger charge is 2.22. The van der Waals surface area contributed by atoms with Crippen molar-refractivity contribution in [2.75, 3.05) is 10.1 Å². The molecular formula is C7H7N7O4S2. The van der Waals surface area contributed by atoms with E-state index in [-0.39, 0.29) is 21.4 Å². The third-order valence-corrected chi connectivity index (χ3v) is 4.18. The van der Waals surface area contributed by atoms with Gasteiger partial charge in [0.15, 0.2) is 0 Å². The minimum atomic E-state index is -4.02. The van der Waals surface area contributed by atoms with Crippen molar-refractivity contribution in [3.05, 3.63) is 28.3 Å². The Morgan fingerprint density at radius 2 is 2.15 bits per heavy atom. The fourth-order valence-electron chi connectivity index (χ4n) is 1.32. The van der Waals surface area contributed by atoms with Crippen molar-refractivity contribution in [2.24, 2.45) is 5.84 Å². The summed E-state index contributed by atoms with van der Waals surface area (Å²) in [6.07, 6.45) is 0. The lowest BCUT2D eigenvalue weighted by molar-refractivity contribution is -0.384. The molecule has 13 heteroatoms. The Morgan fingerprint density at radius 1 is 1.40 bits per heavy atom. The third kappa shape index (κ3) is 2.79. The Kier molecular flexibility index (Phi) is 3.73. The van der Waals surface area contributed by atoms with Crippen LogP contribution in [0.1, 0.15) is 0 Å². The maximum Gasteiger partial charge on any atom is 0.271 e. The number of hydrogen-bond acceptors (Lipinski definition) is 10. The van der Waals surface area contributed by atoms with Gasteiger partial charge in [-0.25, -0.2) is 8.42 Å². The molecule has 20 heavy (non-hydrogen) atoms. The predicted molar refractivity (Wildman–Crippen MR) is 69.4 cm³/mol. The zero-order valence-electron chi connectivity index (χ0n) is 9.55. The number of rotatable bonds is 5. The number of sulfonamides is 1. The molecule has 0 unspecified atom stereocenters. The van der Waals surface area contributed by atoms with Crippen LogP contribution in [0.4, 0.5) is 16.5 Å². The molecule has 0 fully saturated rings. The number of aromatic nitrogens is 3. The van der Waals surface area contributed by atoms with Crippen molar-refractivity contribution < 1.29 is 13.3 Å². The zero-order valence-corrected chi connectivity index (χ0v) is 11.2. The smallest absolute Gasteiger partial charge is 0.271 e. The first-order chi connectivity index (χ1) is 9.44. The Labute approximate surface area is 116 Å². The van der Waals surface area contributed by atoms with Crippen molar-refractivity contribution in [3.8, 4) is 0 Å². The normalized spacial score (nSPS) is 11.1. The lowest BCUT2D eigenvalue weighted by atomic mass is 10.3.